The summed E-state index contributed by atoms with van der Waals surface area (Å²) in [4.78, 5) is 27.8. The smallest absolute Gasteiger partial charge is 0.234 e. The van der Waals surface area contributed by atoms with Crippen molar-refractivity contribution in [2.45, 2.75) is 38.6 Å². The van der Waals surface area contributed by atoms with Gasteiger partial charge in [0.05, 0.1) is 6.54 Å². The average molecular weight is 366 g/mol. The predicted octanol–water partition coefficient (Wildman–Crippen LogP) is 2.68. The molecule has 1 heterocycles. The molecule has 0 aliphatic carbocycles. The average Bonchev–Trinajstić information content (AvgIpc) is 2.76. The van der Waals surface area contributed by atoms with E-state index in [2.05, 4.69) is 5.32 Å². The summed E-state index contributed by atoms with van der Waals surface area (Å²) in [6.45, 7) is 3.21. The number of amides is 2. The zero-order valence-corrected chi connectivity index (χ0v) is 15.7. The van der Waals surface area contributed by atoms with Crippen LogP contribution in [0, 0.1) is 0 Å². The molecule has 0 bridgehead atoms. The molecule has 6 heteroatoms. The van der Waals surface area contributed by atoms with Gasteiger partial charge in [-0.1, -0.05) is 30.2 Å². The van der Waals surface area contributed by atoms with Crippen molar-refractivity contribution in [3.63, 3.8) is 0 Å². The van der Waals surface area contributed by atoms with Gasteiger partial charge in [-0.3, -0.25) is 14.5 Å². The summed E-state index contributed by atoms with van der Waals surface area (Å²) in [5, 5.41) is 3.64. The summed E-state index contributed by atoms with van der Waals surface area (Å²) < 4.78 is 0. The number of nitrogens with zero attached hydrogens (tertiary/aromatic N) is 2. The molecule has 1 fully saturated rings. The first-order chi connectivity index (χ1) is 12.0. The predicted molar refractivity (Wildman–Crippen MR) is 100 cm³/mol. The van der Waals surface area contributed by atoms with Gasteiger partial charge in [0.25, 0.3) is 0 Å². The van der Waals surface area contributed by atoms with Crippen LogP contribution in [0.4, 0.5) is 0 Å². The monoisotopic (exact) mass is 365 g/mol. The van der Waals surface area contributed by atoms with E-state index in [1.165, 1.54) is 0 Å². The number of carbonyl (C=O) groups excluding carboxylic acids is 2. The van der Waals surface area contributed by atoms with Gasteiger partial charge >= 0.3 is 0 Å². The molecule has 0 spiro atoms. The van der Waals surface area contributed by atoms with Crippen molar-refractivity contribution in [1.29, 1.82) is 0 Å². The quantitative estimate of drug-likeness (QED) is 0.720. The van der Waals surface area contributed by atoms with E-state index in [1.807, 2.05) is 41.1 Å². The maximum Gasteiger partial charge on any atom is 0.234 e. The first kappa shape index (κ1) is 19.7. The number of halogens is 1. The minimum absolute atomic E-state index is 0.00622. The Hall–Kier alpha value is -1.59. The molecule has 1 N–H and O–H groups in total. The van der Waals surface area contributed by atoms with Crippen LogP contribution in [0.1, 0.15) is 37.7 Å². The second kappa shape index (κ2) is 10.4. The Morgan fingerprint density at radius 2 is 2.16 bits per heavy atom. The van der Waals surface area contributed by atoms with E-state index < -0.39 is 0 Å². The van der Waals surface area contributed by atoms with E-state index in [9.17, 15) is 9.59 Å². The minimum atomic E-state index is 0.00622. The molecule has 2 amide bonds. The van der Waals surface area contributed by atoms with Crippen LogP contribution in [0.15, 0.2) is 24.3 Å². The standard InChI is InChI=1S/C19H28ClN3O2/c1-22(14-16-7-5-8-17(20)13-16)15-18(24)21-10-6-12-23-11-4-2-3-9-19(23)25/h5,7-8,13H,2-4,6,9-12,14-15H2,1H3,(H,21,24). The third kappa shape index (κ3) is 7.45. The Labute approximate surface area is 155 Å². The molecule has 1 aromatic carbocycles. The van der Waals surface area contributed by atoms with Crippen molar-refractivity contribution in [2.24, 2.45) is 0 Å². The maximum absolute atomic E-state index is 12.0. The van der Waals surface area contributed by atoms with Gasteiger partial charge in [-0.15, -0.1) is 0 Å². The van der Waals surface area contributed by atoms with Crippen LogP contribution < -0.4 is 5.32 Å². The SMILES string of the molecule is CN(CC(=O)NCCCN1CCCCCC1=O)Cc1cccc(Cl)c1. The Morgan fingerprint density at radius 3 is 2.96 bits per heavy atom. The van der Waals surface area contributed by atoms with E-state index in [-0.39, 0.29) is 11.8 Å². The maximum atomic E-state index is 12.0. The van der Waals surface area contributed by atoms with Gasteiger partial charge < -0.3 is 10.2 Å². The summed E-state index contributed by atoms with van der Waals surface area (Å²) in [5.41, 5.74) is 1.09. The molecule has 0 aromatic heterocycles. The van der Waals surface area contributed by atoms with Crippen LogP contribution >= 0.6 is 11.6 Å². The van der Waals surface area contributed by atoms with E-state index in [4.69, 9.17) is 11.6 Å². The van der Waals surface area contributed by atoms with E-state index in [0.717, 1.165) is 44.3 Å². The van der Waals surface area contributed by atoms with Crippen molar-refractivity contribution in [3.8, 4) is 0 Å². The van der Waals surface area contributed by atoms with Crippen LogP contribution in [0.2, 0.25) is 5.02 Å². The Balaban J connectivity index is 1.62. The van der Waals surface area contributed by atoms with Crippen molar-refractivity contribution >= 4 is 23.4 Å². The second-order valence-corrected chi connectivity index (χ2v) is 7.13. The lowest BCUT2D eigenvalue weighted by Crippen LogP contribution is -2.37. The fourth-order valence-corrected chi connectivity index (χ4v) is 3.29. The van der Waals surface area contributed by atoms with Gasteiger partial charge in [-0.25, -0.2) is 0 Å². The molecule has 1 aliphatic heterocycles. The zero-order chi connectivity index (χ0) is 18.1. The molecule has 0 saturated carbocycles. The first-order valence-corrected chi connectivity index (χ1v) is 9.40. The van der Waals surface area contributed by atoms with Crippen LogP contribution in [-0.2, 0) is 16.1 Å². The number of likely N-dealkylation sites (N-methyl/N-ethyl adjacent to an activating group) is 1. The molecular weight excluding hydrogens is 338 g/mol. The molecule has 0 radical (unpaired) electrons. The molecule has 138 valence electrons. The minimum Gasteiger partial charge on any atom is -0.355 e. The highest BCUT2D eigenvalue weighted by atomic mass is 35.5. The number of rotatable bonds is 8. The molecule has 25 heavy (non-hydrogen) atoms. The van der Waals surface area contributed by atoms with Gasteiger partial charge in [0, 0.05) is 37.6 Å². The summed E-state index contributed by atoms with van der Waals surface area (Å²) >= 11 is 5.98. The number of hydrogen-bond donors (Lipinski definition) is 1. The third-order valence-corrected chi connectivity index (χ3v) is 4.59. The van der Waals surface area contributed by atoms with Crippen LogP contribution in [0.25, 0.3) is 0 Å². The highest BCUT2D eigenvalue weighted by Crippen LogP contribution is 2.12. The van der Waals surface area contributed by atoms with E-state index in [0.29, 0.717) is 31.1 Å². The molecule has 2 rings (SSSR count). The summed E-state index contributed by atoms with van der Waals surface area (Å²) in [5.74, 6) is 0.261. The highest BCUT2D eigenvalue weighted by molar-refractivity contribution is 6.30. The summed E-state index contributed by atoms with van der Waals surface area (Å²) in [7, 11) is 1.91. The fourth-order valence-electron chi connectivity index (χ4n) is 3.08. The Morgan fingerprint density at radius 1 is 1.32 bits per heavy atom. The lowest BCUT2D eigenvalue weighted by atomic mass is 10.2. The first-order valence-electron chi connectivity index (χ1n) is 9.02. The lowest BCUT2D eigenvalue weighted by Gasteiger charge is -2.21. The van der Waals surface area contributed by atoms with Crippen molar-refractivity contribution < 1.29 is 9.59 Å². The topological polar surface area (TPSA) is 52.7 Å². The van der Waals surface area contributed by atoms with Gasteiger partial charge in [0.15, 0.2) is 0 Å². The van der Waals surface area contributed by atoms with E-state index >= 15 is 0 Å². The van der Waals surface area contributed by atoms with Crippen molar-refractivity contribution in [1.82, 2.24) is 15.1 Å². The van der Waals surface area contributed by atoms with Gasteiger partial charge in [-0.05, 0) is 44.0 Å². The number of benzene rings is 1. The van der Waals surface area contributed by atoms with Gasteiger partial charge in [0.1, 0.15) is 0 Å². The molecule has 1 aliphatic rings. The number of hydrogen-bond acceptors (Lipinski definition) is 3. The van der Waals surface area contributed by atoms with Crippen LogP contribution in [0.5, 0.6) is 0 Å². The summed E-state index contributed by atoms with van der Waals surface area (Å²) in [6.07, 6.45) is 4.70. The third-order valence-electron chi connectivity index (χ3n) is 4.35. The van der Waals surface area contributed by atoms with Crippen LogP contribution in [0.3, 0.4) is 0 Å². The largest absolute Gasteiger partial charge is 0.355 e. The molecule has 0 atom stereocenters. The molecule has 5 nitrogen and oxygen atoms in total. The highest BCUT2D eigenvalue weighted by Gasteiger charge is 2.15. The normalized spacial score (nSPS) is 15.3. The van der Waals surface area contributed by atoms with Gasteiger partial charge in [0.2, 0.25) is 11.8 Å². The Bertz CT molecular complexity index is 580. The van der Waals surface area contributed by atoms with Crippen LogP contribution in [-0.4, -0.2) is 54.8 Å². The molecular formula is C19H28ClN3O2. The molecule has 1 saturated heterocycles. The zero-order valence-electron chi connectivity index (χ0n) is 15.0. The molecule has 1 aromatic rings. The van der Waals surface area contributed by atoms with Crippen molar-refractivity contribution in [3.05, 3.63) is 34.9 Å². The van der Waals surface area contributed by atoms with Gasteiger partial charge in [-0.2, -0.15) is 0 Å². The summed E-state index contributed by atoms with van der Waals surface area (Å²) in [6, 6.07) is 7.66. The Kier molecular flexibility index (Phi) is 8.22. The number of carbonyl (C=O) groups is 2. The number of likely N-dealkylation sites (tertiary alicyclic amines) is 1. The fraction of sp³-hybridized carbons (Fsp3) is 0.579. The second-order valence-electron chi connectivity index (χ2n) is 6.70. The van der Waals surface area contributed by atoms with Crippen molar-refractivity contribution in [2.75, 3.05) is 33.2 Å². The number of nitrogens with one attached hydrogen (secondary N) is 1. The molecule has 0 unspecified atom stereocenters. The lowest BCUT2D eigenvalue weighted by molar-refractivity contribution is -0.130. The van der Waals surface area contributed by atoms with E-state index in [1.54, 1.807) is 0 Å².